The fraction of sp³-hybridized carbons (Fsp3) is 0.462. The average molecular weight is 275 g/mol. The molecule has 2 aromatic rings. The van der Waals surface area contributed by atoms with Gasteiger partial charge in [-0.25, -0.2) is 4.68 Å². The number of aromatic nitrogens is 4. The summed E-state index contributed by atoms with van der Waals surface area (Å²) < 4.78 is 1.94. The minimum absolute atomic E-state index is 0.509. The summed E-state index contributed by atoms with van der Waals surface area (Å²) in [6, 6.07) is 6.96. The van der Waals surface area contributed by atoms with E-state index in [-0.39, 0.29) is 0 Å². The molecule has 1 aliphatic carbocycles. The van der Waals surface area contributed by atoms with Gasteiger partial charge in [-0.2, -0.15) is 0 Å². The first-order chi connectivity index (χ1) is 9.28. The predicted octanol–water partition coefficient (Wildman–Crippen LogP) is 1.97. The normalized spacial score (nSPS) is 14.8. The van der Waals surface area contributed by atoms with Crippen LogP contribution in [0.25, 0.3) is 0 Å². The van der Waals surface area contributed by atoms with Gasteiger partial charge < -0.3 is 5.73 Å². The van der Waals surface area contributed by atoms with Gasteiger partial charge in [0.2, 0.25) is 5.16 Å². The first-order valence-electron chi connectivity index (χ1n) is 6.53. The Morgan fingerprint density at radius 1 is 1.42 bits per heavy atom. The van der Waals surface area contributed by atoms with Crippen LogP contribution in [-0.4, -0.2) is 26.8 Å². The number of tetrazole rings is 1. The number of rotatable bonds is 5. The molecule has 6 heteroatoms. The van der Waals surface area contributed by atoms with E-state index in [1.54, 1.807) is 11.8 Å². The van der Waals surface area contributed by atoms with Gasteiger partial charge in [-0.15, -0.1) is 5.10 Å². The summed E-state index contributed by atoms with van der Waals surface area (Å²) in [6.07, 6.45) is 3.30. The molecular weight excluding hydrogens is 258 g/mol. The van der Waals surface area contributed by atoms with E-state index in [4.69, 9.17) is 5.73 Å². The molecule has 19 heavy (non-hydrogen) atoms. The van der Waals surface area contributed by atoms with E-state index in [0.29, 0.717) is 12.6 Å². The van der Waals surface area contributed by atoms with Crippen LogP contribution < -0.4 is 5.73 Å². The summed E-state index contributed by atoms with van der Waals surface area (Å²) in [6.45, 7) is 2.81. The quantitative estimate of drug-likeness (QED) is 0.903. The third-order valence-electron chi connectivity index (χ3n) is 3.29. The number of hydrogen-bond acceptors (Lipinski definition) is 5. The highest BCUT2D eigenvalue weighted by Crippen LogP contribution is 2.38. The number of hydrogen-bond donors (Lipinski definition) is 1. The Labute approximate surface area is 116 Å². The van der Waals surface area contributed by atoms with Gasteiger partial charge in [-0.1, -0.05) is 6.07 Å². The molecule has 0 saturated heterocycles. The zero-order valence-electron chi connectivity index (χ0n) is 10.9. The van der Waals surface area contributed by atoms with E-state index in [1.807, 2.05) is 4.68 Å². The van der Waals surface area contributed by atoms with Crippen LogP contribution in [0.1, 0.15) is 30.0 Å². The van der Waals surface area contributed by atoms with Gasteiger partial charge in [-0.05, 0) is 78.2 Å². The van der Waals surface area contributed by atoms with Crippen molar-refractivity contribution in [3.05, 3.63) is 29.3 Å². The van der Waals surface area contributed by atoms with Crippen LogP contribution >= 0.6 is 11.8 Å². The topological polar surface area (TPSA) is 69.6 Å². The van der Waals surface area contributed by atoms with Crippen LogP contribution in [0.3, 0.4) is 0 Å². The molecule has 1 aliphatic rings. The van der Waals surface area contributed by atoms with Crippen LogP contribution in [0.5, 0.6) is 0 Å². The van der Waals surface area contributed by atoms with Gasteiger partial charge in [0.1, 0.15) is 0 Å². The molecule has 0 atom stereocenters. The second-order valence-corrected chi connectivity index (χ2v) is 5.91. The van der Waals surface area contributed by atoms with Crippen LogP contribution in [0.4, 0.5) is 0 Å². The lowest BCUT2D eigenvalue weighted by molar-refractivity contribution is 0.565. The molecule has 0 spiro atoms. The lowest BCUT2D eigenvalue weighted by Crippen LogP contribution is -2.04. The summed E-state index contributed by atoms with van der Waals surface area (Å²) in [5.41, 5.74) is 8.19. The van der Waals surface area contributed by atoms with Gasteiger partial charge >= 0.3 is 0 Å². The van der Waals surface area contributed by atoms with Crippen molar-refractivity contribution in [2.75, 3.05) is 6.54 Å². The summed E-state index contributed by atoms with van der Waals surface area (Å²) in [7, 11) is 0. The minimum Gasteiger partial charge on any atom is -0.330 e. The Balaban J connectivity index is 1.79. The van der Waals surface area contributed by atoms with Crippen molar-refractivity contribution in [1.29, 1.82) is 0 Å². The molecule has 2 N–H and O–H groups in total. The van der Waals surface area contributed by atoms with Gasteiger partial charge in [0.05, 0.1) is 6.04 Å². The Morgan fingerprint density at radius 3 is 2.95 bits per heavy atom. The molecule has 1 aromatic carbocycles. The van der Waals surface area contributed by atoms with Crippen LogP contribution in [0, 0.1) is 6.92 Å². The Bertz CT molecular complexity index is 576. The molecule has 0 amide bonds. The third-order valence-corrected chi connectivity index (χ3v) is 4.23. The summed E-state index contributed by atoms with van der Waals surface area (Å²) in [4.78, 5) is 1.18. The van der Waals surface area contributed by atoms with Crippen molar-refractivity contribution < 1.29 is 0 Å². The van der Waals surface area contributed by atoms with Crippen molar-refractivity contribution in [3.8, 4) is 0 Å². The van der Waals surface area contributed by atoms with Crippen molar-refractivity contribution >= 4 is 11.8 Å². The highest BCUT2D eigenvalue weighted by atomic mass is 32.2. The highest BCUT2D eigenvalue weighted by molar-refractivity contribution is 7.99. The molecule has 100 valence electrons. The number of nitrogens with two attached hydrogens (primary N) is 1. The summed E-state index contributed by atoms with van der Waals surface area (Å²) in [5.74, 6) is 0. The Kier molecular flexibility index (Phi) is 3.52. The van der Waals surface area contributed by atoms with Gasteiger partial charge in [0.15, 0.2) is 0 Å². The molecule has 0 radical (unpaired) electrons. The SMILES string of the molecule is Cc1cc(Sc2nnnn2C2CC2)ccc1CCN. The fourth-order valence-electron chi connectivity index (χ4n) is 2.07. The van der Waals surface area contributed by atoms with Gasteiger partial charge in [0, 0.05) is 4.90 Å². The predicted molar refractivity (Wildman–Crippen MR) is 74.1 cm³/mol. The number of benzene rings is 1. The fourth-order valence-corrected chi connectivity index (χ4v) is 3.01. The van der Waals surface area contributed by atoms with Gasteiger partial charge in [0.25, 0.3) is 0 Å². The van der Waals surface area contributed by atoms with E-state index in [2.05, 4.69) is 40.6 Å². The van der Waals surface area contributed by atoms with Gasteiger partial charge in [-0.3, -0.25) is 0 Å². The zero-order valence-corrected chi connectivity index (χ0v) is 11.7. The monoisotopic (exact) mass is 275 g/mol. The second-order valence-electron chi connectivity index (χ2n) is 4.87. The molecule has 5 nitrogen and oxygen atoms in total. The maximum absolute atomic E-state index is 5.60. The van der Waals surface area contributed by atoms with E-state index in [1.165, 1.54) is 28.9 Å². The Hall–Kier alpha value is -1.40. The summed E-state index contributed by atoms with van der Waals surface area (Å²) in [5, 5.41) is 12.8. The largest absolute Gasteiger partial charge is 0.330 e. The minimum atomic E-state index is 0.509. The maximum atomic E-state index is 5.60. The third kappa shape index (κ3) is 2.79. The zero-order chi connectivity index (χ0) is 13.2. The first-order valence-corrected chi connectivity index (χ1v) is 7.35. The van der Waals surface area contributed by atoms with Crippen molar-refractivity contribution in [2.24, 2.45) is 5.73 Å². The van der Waals surface area contributed by atoms with E-state index in [9.17, 15) is 0 Å². The molecule has 0 bridgehead atoms. The molecule has 1 heterocycles. The molecular formula is C13H17N5S. The van der Waals surface area contributed by atoms with Crippen LogP contribution in [-0.2, 0) is 6.42 Å². The van der Waals surface area contributed by atoms with E-state index in [0.717, 1.165) is 11.6 Å². The Morgan fingerprint density at radius 2 is 2.26 bits per heavy atom. The lowest BCUT2D eigenvalue weighted by atomic mass is 10.1. The molecule has 0 aliphatic heterocycles. The van der Waals surface area contributed by atoms with Crippen molar-refractivity contribution in [2.45, 2.75) is 42.3 Å². The molecule has 3 rings (SSSR count). The number of nitrogens with zero attached hydrogens (tertiary/aromatic N) is 4. The van der Waals surface area contributed by atoms with Crippen LogP contribution in [0.15, 0.2) is 28.3 Å². The molecule has 1 saturated carbocycles. The molecule has 1 aromatic heterocycles. The number of aryl methyl sites for hydroxylation is 1. The van der Waals surface area contributed by atoms with Crippen LogP contribution in [0.2, 0.25) is 0 Å². The average Bonchev–Trinajstić information content (AvgIpc) is 3.14. The standard InChI is InChI=1S/C13H17N5S/c1-9-8-12(5-2-10(9)6-7-14)19-13-15-16-17-18(13)11-3-4-11/h2,5,8,11H,3-4,6-7,14H2,1H3. The smallest absolute Gasteiger partial charge is 0.214 e. The first kappa shape index (κ1) is 12.6. The van der Waals surface area contributed by atoms with E-state index >= 15 is 0 Å². The second kappa shape index (κ2) is 5.30. The van der Waals surface area contributed by atoms with Crippen molar-refractivity contribution in [1.82, 2.24) is 20.2 Å². The summed E-state index contributed by atoms with van der Waals surface area (Å²) >= 11 is 1.63. The lowest BCUT2D eigenvalue weighted by Gasteiger charge is -2.07. The van der Waals surface area contributed by atoms with Crippen molar-refractivity contribution in [3.63, 3.8) is 0 Å². The highest BCUT2D eigenvalue weighted by Gasteiger charge is 2.28. The van der Waals surface area contributed by atoms with E-state index < -0.39 is 0 Å². The molecule has 0 unspecified atom stereocenters. The maximum Gasteiger partial charge on any atom is 0.214 e. The molecule has 1 fully saturated rings.